The van der Waals surface area contributed by atoms with Crippen LogP contribution in [0.15, 0.2) is 72.8 Å². The molecule has 0 saturated heterocycles. The summed E-state index contributed by atoms with van der Waals surface area (Å²) >= 11 is 0. The van der Waals surface area contributed by atoms with Gasteiger partial charge in [0.2, 0.25) is 5.91 Å². The van der Waals surface area contributed by atoms with Gasteiger partial charge in [0.05, 0.1) is 0 Å². The quantitative estimate of drug-likeness (QED) is 0.362. The van der Waals surface area contributed by atoms with E-state index in [0.29, 0.717) is 37.1 Å². The van der Waals surface area contributed by atoms with Gasteiger partial charge in [0.15, 0.2) is 0 Å². The fourth-order valence-electron chi connectivity index (χ4n) is 4.43. The first-order chi connectivity index (χ1) is 16.5. The number of carbonyl (C=O) groups is 2. The second kappa shape index (κ2) is 11.7. The summed E-state index contributed by atoms with van der Waals surface area (Å²) in [6, 6.07) is 22.8. The molecule has 7 heteroatoms. The van der Waals surface area contributed by atoms with Crippen LogP contribution in [0.2, 0.25) is 0 Å². The predicted molar refractivity (Wildman–Crippen MR) is 144 cm³/mol. The topological polar surface area (TPSA) is 90.5 Å². The van der Waals surface area contributed by atoms with Crippen LogP contribution in [-0.2, 0) is 17.6 Å². The first-order valence-electron chi connectivity index (χ1n) is 11.7. The van der Waals surface area contributed by atoms with Crippen molar-refractivity contribution in [2.45, 2.75) is 32.6 Å². The number of nitrogens with zero attached hydrogens (tertiary/aromatic N) is 2. The van der Waals surface area contributed by atoms with Gasteiger partial charge in [0.25, 0.3) is 5.91 Å². The fraction of sp³-hybridized carbons (Fsp3) is 0.250. The Hall–Kier alpha value is -3.64. The number of fused-ring (bicyclic) bond motifs is 1. The molecule has 0 unspecified atom stereocenters. The van der Waals surface area contributed by atoms with Gasteiger partial charge in [-0.05, 0) is 67.6 Å². The summed E-state index contributed by atoms with van der Waals surface area (Å²) in [5, 5.41) is 7.49. The molecule has 3 N–H and O–H groups in total. The third-order valence-electron chi connectivity index (χ3n) is 6.27. The standard InChI is InChI=1S/C28H30N4O2.ClH/c1-2-31(24-8-4-3-5-9-24)28(34)23-15-16-25-22(19-23)7-6-18-32(25)26(33)17-12-20-10-13-21(14-11-20)27(29)30;/h3-5,8-11,13-16,19H,2,6-7,12,17-18H2,1H3,(H3,29,30);1H. The summed E-state index contributed by atoms with van der Waals surface area (Å²) in [7, 11) is 0. The lowest BCUT2D eigenvalue weighted by Crippen LogP contribution is -2.36. The van der Waals surface area contributed by atoms with Crippen molar-refractivity contribution in [2.24, 2.45) is 5.73 Å². The van der Waals surface area contributed by atoms with Gasteiger partial charge in [-0.15, -0.1) is 12.4 Å². The Morgan fingerprint density at radius 2 is 1.69 bits per heavy atom. The van der Waals surface area contributed by atoms with E-state index in [1.54, 1.807) is 4.90 Å². The van der Waals surface area contributed by atoms with Crippen molar-refractivity contribution in [1.82, 2.24) is 0 Å². The molecular formula is C28H31ClN4O2. The number of carbonyl (C=O) groups excluding carboxylic acids is 2. The average molecular weight is 491 g/mol. The zero-order valence-electron chi connectivity index (χ0n) is 19.9. The minimum absolute atomic E-state index is 0. The minimum Gasteiger partial charge on any atom is -0.384 e. The number of halogens is 1. The van der Waals surface area contributed by atoms with Crippen LogP contribution in [0.1, 0.15) is 46.8 Å². The lowest BCUT2D eigenvalue weighted by Gasteiger charge is -2.30. The summed E-state index contributed by atoms with van der Waals surface area (Å²) < 4.78 is 0. The van der Waals surface area contributed by atoms with Gasteiger partial charge in [0.1, 0.15) is 5.84 Å². The molecule has 0 bridgehead atoms. The van der Waals surface area contributed by atoms with Crippen molar-refractivity contribution < 1.29 is 9.59 Å². The summed E-state index contributed by atoms with van der Waals surface area (Å²) in [5.41, 5.74) is 10.7. The third kappa shape index (κ3) is 5.89. The number of nitrogens with two attached hydrogens (primary N) is 1. The van der Waals surface area contributed by atoms with E-state index in [0.717, 1.165) is 35.3 Å². The highest BCUT2D eigenvalue weighted by Gasteiger charge is 2.24. The van der Waals surface area contributed by atoms with Gasteiger partial charge in [-0.3, -0.25) is 15.0 Å². The number of anilines is 2. The van der Waals surface area contributed by atoms with Crippen LogP contribution < -0.4 is 15.5 Å². The molecule has 0 spiro atoms. The third-order valence-corrected chi connectivity index (χ3v) is 6.27. The Morgan fingerprint density at radius 3 is 2.34 bits per heavy atom. The first kappa shape index (κ1) is 26.0. The van der Waals surface area contributed by atoms with Crippen molar-refractivity contribution in [3.63, 3.8) is 0 Å². The first-order valence-corrected chi connectivity index (χ1v) is 11.7. The fourth-order valence-corrected chi connectivity index (χ4v) is 4.43. The smallest absolute Gasteiger partial charge is 0.258 e. The molecule has 2 amide bonds. The Labute approximate surface area is 212 Å². The summed E-state index contributed by atoms with van der Waals surface area (Å²) in [5.74, 6) is 0.0836. The van der Waals surface area contributed by atoms with E-state index in [1.165, 1.54) is 0 Å². The maximum Gasteiger partial charge on any atom is 0.258 e. The number of benzene rings is 3. The van der Waals surface area contributed by atoms with E-state index < -0.39 is 0 Å². The molecule has 3 aromatic rings. The van der Waals surface area contributed by atoms with E-state index in [1.807, 2.05) is 84.6 Å². The van der Waals surface area contributed by atoms with Crippen molar-refractivity contribution in [2.75, 3.05) is 22.9 Å². The highest BCUT2D eigenvalue weighted by atomic mass is 35.5. The number of amidine groups is 1. The Morgan fingerprint density at radius 1 is 1.00 bits per heavy atom. The van der Waals surface area contributed by atoms with E-state index in [9.17, 15) is 9.59 Å². The van der Waals surface area contributed by atoms with Crippen LogP contribution >= 0.6 is 12.4 Å². The van der Waals surface area contributed by atoms with Gasteiger partial charge in [-0.25, -0.2) is 0 Å². The van der Waals surface area contributed by atoms with Crippen LogP contribution in [0.4, 0.5) is 11.4 Å². The normalized spacial score (nSPS) is 12.3. The number of rotatable bonds is 7. The SMILES string of the molecule is CCN(C(=O)c1ccc2c(c1)CCCN2C(=O)CCc1ccc(C(=N)N)cc1)c1ccccc1.Cl. The number of hydrogen-bond donors (Lipinski definition) is 2. The highest BCUT2D eigenvalue weighted by Crippen LogP contribution is 2.30. The van der Waals surface area contributed by atoms with Crippen molar-refractivity contribution in [3.05, 3.63) is 95.1 Å². The predicted octanol–water partition coefficient (Wildman–Crippen LogP) is 4.97. The van der Waals surface area contributed by atoms with Crippen LogP contribution in [0.25, 0.3) is 0 Å². The number of nitrogen functional groups attached to an aromatic ring is 1. The molecule has 0 aromatic heterocycles. The Bertz CT molecular complexity index is 1200. The van der Waals surface area contributed by atoms with E-state index >= 15 is 0 Å². The lowest BCUT2D eigenvalue weighted by molar-refractivity contribution is -0.118. The number of hydrogen-bond acceptors (Lipinski definition) is 3. The molecule has 4 rings (SSSR count). The van der Waals surface area contributed by atoms with Crippen LogP contribution in [-0.4, -0.2) is 30.7 Å². The monoisotopic (exact) mass is 490 g/mol. The largest absolute Gasteiger partial charge is 0.384 e. The summed E-state index contributed by atoms with van der Waals surface area (Å²) in [4.78, 5) is 29.9. The van der Waals surface area contributed by atoms with Gasteiger partial charge in [0, 0.05) is 42.0 Å². The molecular weight excluding hydrogens is 460 g/mol. The minimum atomic E-state index is -0.0334. The Balaban J connectivity index is 0.00000342. The van der Waals surface area contributed by atoms with E-state index in [-0.39, 0.29) is 30.1 Å². The molecule has 182 valence electrons. The van der Waals surface area contributed by atoms with Crippen LogP contribution in [0.3, 0.4) is 0 Å². The number of para-hydroxylation sites is 1. The zero-order chi connectivity index (χ0) is 24.1. The molecule has 0 radical (unpaired) electrons. The molecule has 0 fully saturated rings. The molecule has 0 saturated carbocycles. The zero-order valence-corrected chi connectivity index (χ0v) is 20.7. The molecule has 6 nitrogen and oxygen atoms in total. The molecule has 3 aromatic carbocycles. The molecule has 1 heterocycles. The van der Waals surface area contributed by atoms with Crippen LogP contribution in [0, 0.1) is 5.41 Å². The van der Waals surface area contributed by atoms with Gasteiger partial charge in [-0.2, -0.15) is 0 Å². The van der Waals surface area contributed by atoms with Gasteiger partial charge < -0.3 is 15.5 Å². The molecule has 35 heavy (non-hydrogen) atoms. The van der Waals surface area contributed by atoms with Gasteiger partial charge >= 0.3 is 0 Å². The molecule has 1 aliphatic heterocycles. The summed E-state index contributed by atoms with van der Waals surface area (Å²) in [6.45, 7) is 3.24. The van der Waals surface area contributed by atoms with Crippen molar-refractivity contribution in [1.29, 1.82) is 5.41 Å². The van der Waals surface area contributed by atoms with Crippen molar-refractivity contribution >= 4 is 41.4 Å². The number of aryl methyl sites for hydroxylation is 2. The second-order valence-corrected chi connectivity index (χ2v) is 8.49. The number of nitrogens with one attached hydrogen (secondary N) is 1. The molecule has 0 aliphatic carbocycles. The van der Waals surface area contributed by atoms with Gasteiger partial charge in [-0.1, -0.05) is 42.5 Å². The van der Waals surface area contributed by atoms with Crippen molar-refractivity contribution in [3.8, 4) is 0 Å². The Kier molecular flexibility index (Phi) is 8.66. The van der Waals surface area contributed by atoms with Crippen LogP contribution in [0.5, 0.6) is 0 Å². The maximum absolute atomic E-state index is 13.2. The molecule has 1 aliphatic rings. The molecule has 0 atom stereocenters. The number of amides is 2. The second-order valence-electron chi connectivity index (χ2n) is 8.49. The van der Waals surface area contributed by atoms with E-state index in [2.05, 4.69) is 0 Å². The highest BCUT2D eigenvalue weighted by molar-refractivity contribution is 6.07. The average Bonchev–Trinajstić information content (AvgIpc) is 2.87. The maximum atomic E-state index is 13.2. The lowest BCUT2D eigenvalue weighted by atomic mass is 9.97. The summed E-state index contributed by atoms with van der Waals surface area (Å²) in [6.07, 6.45) is 2.75. The van der Waals surface area contributed by atoms with E-state index in [4.69, 9.17) is 11.1 Å².